The largest absolute Gasteiger partial charge is 0.494 e. The van der Waals surface area contributed by atoms with Crippen LogP contribution in [0.15, 0.2) is 56.1 Å². The highest BCUT2D eigenvalue weighted by Crippen LogP contribution is 2.39. The van der Waals surface area contributed by atoms with Crippen molar-refractivity contribution in [3.05, 3.63) is 74.0 Å². The van der Waals surface area contributed by atoms with Gasteiger partial charge in [-0.2, -0.15) is 0 Å². The Hall–Kier alpha value is -2.64. The molecule has 168 valence electrons. The van der Waals surface area contributed by atoms with Crippen LogP contribution in [0.3, 0.4) is 0 Å². The highest BCUT2D eigenvalue weighted by molar-refractivity contribution is 9.10. The molecule has 0 N–H and O–H groups in total. The average molecular weight is 500 g/mol. The lowest BCUT2D eigenvalue weighted by atomic mass is 9.98. The van der Waals surface area contributed by atoms with Gasteiger partial charge in [-0.25, -0.2) is 0 Å². The van der Waals surface area contributed by atoms with Crippen molar-refractivity contribution in [1.29, 1.82) is 0 Å². The van der Waals surface area contributed by atoms with Gasteiger partial charge < -0.3 is 18.8 Å². The molecule has 0 spiro atoms. The predicted molar refractivity (Wildman–Crippen MR) is 126 cm³/mol. The van der Waals surface area contributed by atoms with Gasteiger partial charge in [0.25, 0.3) is 5.91 Å². The number of hydrogen-bond acceptors (Lipinski definition) is 5. The van der Waals surface area contributed by atoms with Crippen LogP contribution in [-0.4, -0.2) is 37.7 Å². The van der Waals surface area contributed by atoms with Crippen molar-refractivity contribution >= 4 is 32.8 Å². The molecule has 0 saturated carbocycles. The molecule has 3 aromatic rings. The minimum Gasteiger partial charge on any atom is -0.494 e. The smallest absolute Gasteiger partial charge is 0.290 e. The fraction of sp³-hybridized carbons (Fsp3) is 0.360. The van der Waals surface area contributed by atoms with E-state index in [4.69, 9.17) is 13.9 Å². The van der Waals surface area contributed by atoms with E-state index in [0.717, 1.165) is 28.6 Å². The Morgan fingerprint density at radius 2 is 1.94 bits per heavy atom. The molecule has 1 aliphatic heterocycles. The normalized spacial score (nSPS) is 15.4. The van der Waals surface area contributed by atoms with Crippen molar-refractivity contribution < 1.29 is 18.7 Å². The first-order chi connectivity index (χ1) is 15.5. The number of methoxy groups -OCH3 is 1. The number of ether oxygens (including phenoxy) is 2. The van der Waals surface area contributed by atoms with Gasteiger partial charge in [-0.05, 0) is 48.7 Å². The second-order valence-corrected chi connectivity index (χ2v) is 8.75. The van der Waals surface area contributed by atoms with E-state index in [1.165, 1.54) is 0 Å². The maximum absolute atomic E-state index is 13.6. The Morgan fingerprint density at radius 3 is 2.72 bits per heavy atom. The minimum absolute atomic E-state index is 0.115. The predicted octanol–water partition coefficient (Wildman–Crippen LogP) is 5.32. The van der Waals surface area contributed by atoms with E-state index in [0.29, 0.717) is 42.7 Å². The molecule has 1 aromatic heterocycles. The fourth-order valence-corrected chi connectivity index (χ4v) is 4.42. The van der Waals surface area contributed by atoms with Crippen LogP contribution >= 0.6 is 15.9 Å². The molecule has 1 aliphatic rings. The molecule has 4 rings (SSSR count). The van der Waals surface area contributed by atoms with E-state index in [2.05, 4.69) is 22.9 Å². The molecule has 6 nitrogen and oxygen atoms in total. The summed E-state index contributed by atoms with van der Waals surface area (Å²) >= 11 is 3.42. The summed E-state index contributed by atoms with van der Waals surface area (Å²) in [5.74, 6) is 0.562. The van der Waals surface area contributed by atoms with Crippen LogP contribution in [0.25, 0.3) is 11.0 Å². The van der Waals surface area contributed by atoms with Gasteiger partial charge in [-0.3, -0.25) is 9.59 Å². The van der Waals surface area contributed by atoms with Crippen LogP contribution in [0.5, 0.6) is 5.75 Å². The van der Waals surface area contributed by atoms with Crippen LogP contribution < -0.4 is 10.2 Å². The maximum Gasteiger partial charge on any atom is 0.290 e. The standard InChI is InChI=1S/C25H26BrNO5/c1-3-4-13-31-18-8-5-7-16(14-18)22-21-23(28)19-15-17(26)9-10-20(19)32-24(21)25(29)27(22)11-6-12-30-2/h5,7-10,14-15,22H,3-4,6,11-13H2,1-2H3. The number of halogens is 1. The number of fused-ring (bicyclic) bond motifs is 2. The van der Waals surface area contributed by atoms with Crippen molar-refractivity contribution in [3.8, 4) is 5.75 Å². The molecule has 0 aliphatic carbocycles. The summed E-state index contributed by atoms with van der Waals surface area (Å²) in [5, 5.41) is 0.449. The van der Waals surface area contributed by atoms with Crippen molar-refractivity contribution in [3.63, 3.8) is 0 Å². The summed E-state index contributed by atoms with van der Waals surface area (Å²) in [7, 11) is 1.63. The number of amides is 1. The van der Waals surface area contributed by atoms with Crippen LogP contribution in [0.4, 0.5) is 0 Å². The Kier molecular flexibility index (Phi) is 6.96. The van der Waals surface area contributed by atoms with Crippen LogP contribution in [-0.2, 0) is 4.74 Å². The Bertz CT molecular complexity index is 1190. The zero-order chi connectivity index (χ0) is 22.7. The van der Waals surface area contributed by atoms with E-state index in [9.17, 15) is 9.59 Å². The fourth-order valence-electron chi connectivity index (χ4n) is 4.06. The number of hydrogen-bond donors (Lipinski definition) is 0. The van der Waals surface area contributed by atoms with Crippen molar-refractivity contribution in [2.24, 2.45) is 0 Å². The van der Waals surface area contributed by atoms with Crippen molar-refractivity contribution in [2.75, 3.05) is 26.9 Å². The summed E-state index contributed by atoms with van der Waals surface area (Å²) in [6, 6.07) is 12.3. The molecule has 1 amide bonds. The summed E-state index contributed by atoms with van der Waals surface area (Å²) < 4.78 is 17.8. The first kappa shape index (κ1) is 22.6. The molecule has 1 atom stereocenters. The van der Waals surface area contributed by atoms with Gasteiger partial charge >= 0.3 is 0 Å². The van der Waals surface area contributed by atoms with Crippen molar-refractivity contribution in [2.45, 2.75) is 32.2 Å². The SMILES string of the molecule is CCCCOc1cccc(C2c3c(oc4ccc(Br)cc4c3=O)C(=O)N2CCCOC)c1. The molecule has 0 bridgehead atoms. The molecular weight excluding hydrogens is 474 g/mol. The van der Waals surface area contributed by atoms with Gasteiger partial charge in [-0.15, -0.1) is 0 Å². The number of unbranched alkanes of at least 4 members (excludes halogenated alkanes) is 1. The van der Waals surface area contributed by atoms with Gasteiger partial charge in [0.05, 0.1) is 23.6 Å². The topological polar surface area (TPSA) is 69.0 Å². The van der Waals surface area contributed by atoms with Crippen LogP contribution in [0.1, 0.15) is 53.9 Å². The molecule has 0 radical (unpaired) electrons. The summed E-state index contributed by atoms with van der Waals surface area (Å²) in [5.41, 5.74) is 1.42. The molecular formula is C25H26BrNO5. The van der Waals surface area contributed by atoms with Crippen LogP contribution in [0, 0.1) is 0 Å². The number of benzene rings is 2. The molecule has 0 fully saturated rings. The highest BCUT2D eigenvalue weighted by atomic mass is 79.9. The Balaban J connectivity index is 1.82. The number of nitrogens with zero attached hydrogens (tertiary/aromatic N) is 1. The van der Waals surface area contributed by atoms with Gasteiger partial charge in [0.1, 0.15) is 11.3 Å². The van der Waals surface area contributed by atoms with Gasteiger partial charge in [0, 0.05) is 24.7 Å². The lowest BCUT2D eigenvalue weighted by molar-refractivity contribution is 0.0707. The molecule has 32 heavy (non-hydrogen) atoms. The van der Waals surface area contributed by atoms with E-state index in [1.807, 2.05) is 24.3 Å². The number of carbonyl (C=O) groups is 1. The molecule has 7 heteroatoms. The lowest BCUT2D eigenvalue weighted by Crippen LogP contribution is -2.31. The molecule has 2 aromatic carbocycles. The van der Waals surface area contributed by atoms with Gasteiger partial charge in [-0.1, -0.05) is 41.4 Å². The molecule has 2 heterocycles. The van der Waals surface area contributed by atoms with E-state index < -0.39 is 6.04 Å². The maximum atomic E-state index is 13.6. The Labute approximate surface area is 195 Å². The zero-order valence-electron chi connectivity index (χ0n) is 18.2. The third-order valence-electron chi connectivity index (χ3n) is 5.62. The summed E-state index contributed by atoms with van der Waals surface area (Å²) in [6.07, 6.45) is 2.66. The van der Waals surface area contributed by atoms with Gasteiger partial charge in [0.15, 0.2) is 5.43 Å². The molecule has 0 saturated heterocycles. The quantitative estimate of drug-likeness (QED) is 0.372. The second-order valence-electron chi connectivity index (χ2n) is 7.84. The van der Waals surface area contributed by atoms with E-state index in [1.54, 1.807) is 30.2 Å². The minimum atomic E-state index is -0.538. The first-order valence-electron chi connectivity index (χ1n) is 10.8. The number of carbonyl (C=O) groups excluding carboxylic acids is 1. The summed E-state index contributed by atoms with van der Waals surface area (Å²) in [6.45, 7) is 3.70. The first-order valence-corrected chi connectivity index (χ1v) is 11.6. The lowest BCUT2D eigenvalue weighted by Gasteiger charge is -2.25. The van der Waals surface area contributed by atoms with Crippen LogP contribution in [0.2, 0.25) is 0 Å². The second kappa shape index (κ2) is 9.88. The van der Waals surface area contributed by atoms with Gasteiger partial charge in [0.2, 0.25) is 5.76 Å². The van der Waals surface area contributed by atoms with Crippen molar-refractivity contribution in [1.82, 2.24) is 4.90 Å². The highest BCUT2D eigenvalue weighted by Gasteiger charge is 2.42. The Morgan fingerprint density at radius 1 is 1.09 bits per heavy atom. The monoisotopic (exact) mass is 499 g/mol. The summed E-state index contributed by atoms with van der Waals surface area (Å²) in [4.78, 5) is 28.6. The third kappa shape index (κ3) is 4.32. The van der Waals surface area contributed by atoms with E-state index >= 15 is 0 Å². The van der Waals surface area contributed by atoms with E-state index in [-0.39, 0.29) is 17.1 Å². The number of rotatable bonds is 9. The third-order valence-corrected chi connectivity index (χ3v) is 6.11. The zero-order valence-corrected chi connectivity index (χ0v) is 19.8. The average Bonchev–Trinajstić information content (AvgIpc) is 3.07. The molecule has 1 unspecified atom stereocenters.